The van der Waals surface area contributed by atoms with Crippen molar-refractivity contribution in [2.45, 2.75) is 13.5 Å². The van der Waals surface area contributed by atoms with Crippen LogP contribution in [0.25, 0.3) is 0 Å². The smallest absolute Gasteiger partial charge is 0.0587 e. The summed E-state index contributed by atoms with van der Waals surface area (Å²) in [6.07, 6.45) is 0. The van der Waals surface area contributed by atoms with Gasteiger partial charge in [-0.1, -0.05) is 6.07 Å². The Hall–Kier alpha value is -0.970. The summed E-state index contributed by atoms with van der Waals surface area (Å²) in [4.78, 5) is 6.75. The van der Waals surface area contributed by atoms with Gasteiger partial charge in [0.2, 0.25) is 0 Å². The van der Waals surface area contributed by atoms with Gasteiger partial charge in [-0.25, -0.2) is 0 Å². The number of methoxy groups -OCH3 is 1. The zero-order valence-electron chi connectivity index (χ0n) is 11.1. The average Bonchev–Trinajstić information content (AvgIpc) is 2.29. The third-order valence-electron chi connectivity index (χ3n) is 2.53. The molecule has 0 aromatic carbocycles. The molecular weight excluding hydrogens is 214 g/mol. The molecule has 0 amide bonds. The highest BCUT2D eigenvalue weighted by atomic mass is 16.5. The van der Waals surface area contributed by atoms with Crippen molar-refractivity contribution >= 4 is 0 Å². The van der Waals surface area contributed by atoms with Gasteiger partial charge in [-0.15, -0.1) is 0 Å². The standard InChI is InChI=1S/C13H23N3O/c1-12-5-4-6-13(15-12)11-16(2)9-7-14-8-10-17-3/h4-6,14H,7-11H2,1-3H3. The van der Waals surface area contributed by atoms with Gasteiger partial charge in [-0.05, 0) is 26.1 Å². The largest absolute Gasteiger partial charge is 0.383 e. The van der Waals surface area contributed by atoms with E-state index >= 15 is 0 Å². The second-order valence-electron chi connectivity index (χ2n) is 4.25. The fourth-order valence-corrected chi connectivity index (χ4v) is 1.61. The highest BCUT2D eigenvalue weighted by Gasteiger charge is 2.01. The molecule has 1 aromatic heterocycles. The molecule has 1 rings (SSSR count). The van der Waals surface area contributed by atoms with E-state index in [1.54, 1.807) is 7.11 Å². The third-order valence-corrected chi connectivity index (χ3v) is 2.53. The van der Waals surface area contributed by atoms with Crippen LogP contribution in [0.1, 0.15) is 11.4 Å². The molecule has 0 radical (unpaired) electrons. The van der Waals surface area contributed by atoms with E-state index in [4.69, 9.17) is 4.74 Å². The summed E-state index contributed by atoms with van der Waals surface area (Å²) < 4.78 is 4.97. The van der Waals surface area contributed by atoms with E-state index in [0.717, 1.165) is 44.2 Å². The number of nitrogens with one attached hydrogen (secondary N) is 1. The van der Waals surface area contributed by atoms with E-state index in [2.05, 4.69) is 34.4 Å². The van der Waals surface area contributed by atoms with Crippen molar-refractivity contribution in [2.75, 3.05) is 40.4 Å². The lowest BCUT2D eigenvalue weighted by Gasteiger charge is -2.16. The van der Waals surface area contributed by atoms with Gasteiger partial charge in [-0.3, -0.25) is 9.88 Å². The molecule has 1 aromatic rings. The number of rotatable bonds is 8. The fourth-order valence-electron chi connectivity index (χ4n) is 1.61. The summed E-state index contributed by atoms with van der Waals surface area (Å²) in [7, 11) is 3.83. The normalized spacial score (nSPS) is 11.1. The molecule has 0 bridgehead atoms. The van der Waals surface area contributed by atoms with Crippen molar-refractivity contribution in [3.63, 3.8) is 0 Å². The lowest BCUT2D eigenvalue weighted by Crippen LogP contribution is -2.30. The number of pyridine rings is 1. The van der Waals surface area contributed by atoms with Crippen LogP contribution in [-0.4, -0.2) is 50.3 Å². The summed E-state index contributed by atoms with van der Waals surface area (Å²) in [5, 5.41) is 3.33. The average molecular weight is 237 g/mol. The molecule has 0 unspecified atom stereocenters. The Balaban J connectivity index is 2.18. The first-order valence-electron chi connectivity index (χ1n) is 6.03. The Labute approximate surface area is 104 Å². The predicted octanol–water partition coefficient (Wildman–Crippen LogP) is 1.06. The van der Waals surface area contributed by atoms with Crippen LogP contribution < -0.4 is 5.32 Å². The van der Waals surface area contributed by atoms with Gasteiger partial charge in [-0.2, -0.15) is 0 Å². The van der Waals surface area contributed by atoms with Crippen LogP contribution in [0.3, 0.4) is 0 Å². The number of aryl methyl sites for hydroxylation is 1. The number of likely N-dealkylation sites (N-methyl/N-ethyl adjacent to an activating group) is 1. The van der Waals surface area contributed by atoms with Crippen LogP contribution in [0, 0.1) is 6.92 Å². The van der Waals surface area contributed by atoms with Gasteiger partial charge in [0.1, 0.15) is 0 Å². The van der Waals surface area contributed by atoms with E-state index in [1.807, 2.05) is 13.0 Å². The lowest BCUT2D eigenvalue weighted by molar-refractivity contribution is 0.197. The molecule has 1 N–H and O–H groups in total. The zero-order valence-corrected chi connectivity index (χ0v) is 11.1. The first-order chi connectivity index (χ1) is 8.22. The van der Waals surface area contributed by atoms with Crippen molar-refractivity contribution in [1.29, 1.82) is 0 Å². The van der Waals surface area contributed by atoms with Crippen LogP contribution in [0.5, 0.6) is 0 Å². The van der Waals surface area contributed by atoms with Crippen molar-refractivity contribution < 1.29 is 4.74 Å². The Morgan fingerprint density at radius 2 is 2.18 bits per heavy atom. The number of aromatic nitrogens is 1. The number of nitrogens with zero attached hydrogens (tertiary/aromatic N) is 2. The molecule has 4 nitrogen and oxygen atoms in total. The molecule has 0 saturated carbocycles. The van der Waals surface area contributed by atoms with Crippen LogP contribution in [0.2, 0.25) is 0 Å². The van der Waals surface area contributed by atoms with Gasteiger partial charge in [0.15, 0.2) is 0 Å². The van der Waals surface area contributed by atoms with E-state index in [-0.39, 0.29) is 0 Å². The van der Waals surface area contributed by atoms with Gasteiger partial charge < -0.3 is 10.1 Å². The summed E-state index contributed by atoms with van der Waals surface area (Å²) in [5.74, 6) is 0. The molecule has 0 atom stereocenters. The molecule has 0 aliphatic carbocycles. The maximum atomic E-state index is 4.97. The summed E-state index contributed by atoms with van der Waals surface area (Å²) >= 11 is 0. The summed E-state index contributed by atoms with van der Waals surface area (Å²) in [6, 6.07) is 6.15. The van der Waals surface area contributed by atoms with E-state index in [9.17, 15) is 0 Å². The Morgan fingerprint density at radius 1 is 1.35 bits per heavy atom. The second kappa shape index (κ2) is 8.17. The number of ether oxygens (including phenoxy) is 1. The minimum atomic E-state index is 0.767. The second-order valence-corrected chi connectivity index (χ2v) is 4.25. The molecule has 96 valence electrons. The molecule has 0 spiro atoms. The fraction of sp³-hybridized carbons (Fsp3) is 0.615. The third kappa shape index (κ3) is 6.36. The van der Waals surface area contributed by atoms with Gasteiger partial charge in [0, 0.05) is 39.0 Å². The lowest BCUT2D eigenvalue weighted by atomic mass is 10.3. The van der Waals surface area contributed by atoms with Gasteiger partial charge in [0.25, 0.3) is 0 Å². The molecule has 0 fully saturated rings. The molecule has 0 aliphatic heterocycles. The molecule has 0 saturated heterocycles. The van der Waals surface area contributed by atoms with Crippen LogP contribution in [0.15, 0.2) is 18.2 Å². The molecule has 17 heavy (non-hydrogen) atoms. The SMILES string of the molecule is COCCNCCN(C)Cc1cccc(C)n1. The molecule has 0 aliphatic rings. The highest BCUT2D eigenvalue weighted by molar-refractivity contribution is 5.09. The minimum absolute atomic E-state index is 0.767. The first-order valence-corrected chi connectivity index (χ1v) is 6.03. The zero-order chi connectivity index (χ0) is 12.5. The Bertz CT molecular complexity index is 317. The molecular formula is C13H23N3O. The van der Waals surface area contributed by atoms with Crippen molar-refractivity contribution in [2.24, 2.45) is 0 Å². The van der Waals surface area contributed by atoms with Gasteiger partial charge >= 0.3 is 0 Å². The molecule has 4 heteroatoms. The van der Waals surface area contributed by atoms with Crippen molar-refractivity contribution in [3.05, 3.63) is 29.6 Å². The maximum Gasteiger partial charge on any atom is 0.0587 e. The quantitative estimate of drug-likeness (QED) is 0.686. The monoisotopic (exact) mass is 237 g/mol. The van der Waals surface area contributed by atoms with Crippen LogP contribution in [-0.2, 0) is 11.3 Å². The minimum Gasteiger partial charge on any atom is -0.383 e. The Morgan fingerprint density at radius 3 is 2.88 bits per heavy atom. The topological polar surface area (TPSA) is 37.4 Å². The molecule has 1 heterocycles. The van der Waals surface area contributed by atoms with Crippen molar-refractivity contribution in [1.82, 2.24) is 15.2 Å². The van der Waals surface area contributed by atoms with E-state index in [1.165, 1.54) is 0 Å². The summed E-state index contributed by atoms with van der Waals surface area (Å²) in [6.45, 7) is 6.59. The first kappa shape index (κ1) is 14.1. The van der Waals surface area contributed by atoms with Crippen LogP contribution >= 0.6 is 0 Å². The number of hydrogen-bond acceptors (Lipinski definition) is 4. The Kier molecular flexibility index (Phi) is 6.77. The van der Waals surface area contributed by atoms with Gasteiger partial charge in [0.05, 0.1) is 12.3 Å². The predicted molar refractivity (Wildman–Crippen MR) is 70.1 cm³/mol. The number of hydrogen-bond donors (Lipinski definition) is 1. The van der Waals surface area contributed by atoms with E-state index < -0.39 is 0 Å². The highest BCUT2D eigenvalue weighted by Crippen LogP contribution is 2.00. The summed E-state index contributed by atoms with van der Waals surface area (Å²) in [5.41, 5.74) is 2.21. The van der Waals surface area contributed by atoms with E-state index in [0.29, 0.717) is 0 Å². The van der Waals surface area contributed by atoms with Crippen LogP contribution in [0.4, 0.5) is 0 Å². The van der Waals surface area contributed by atoms with Crippen molar-refractivity contribution in [3.8, 4) is 0 Å². The maximum absolute atomic E-state index is 4.97.